The minimum atomic E-state index is -3.33. The van der Waals surface area contributed by atoms with E-state index >= 15 is 0 Å². The van der Waals surface area contributed by atoms with E-state index in [0.29, 0.717) is 6.42 Å². The zero-order valence-corrected chi connectivity index (χ0v) is 9.21. The van der Waals surface area contributed by atoms with Crippen LogP contribution in [0.5, 0.6) is 0 Å². The normalized spacial score (nSPS) is 25.5. The Bertz CT molecular complexity index is 248. The van der Waals surface area contributed by atoms with Gasteiger partial charge in [-0.15, -0.1) is 0 Å². The molecule has 1 saturated heterocycles. The fourth-order valence-electron chi connectivity index (χ4n) is 1.59. The van der Waals surface area contributed by atoms with Crippen molar-refractivity contribution >= 4 is 5.97 Å². The zero-order chi connectivity index (χ0) is 12.2. The molecule has 0 saturated carbocycles. The average Bonchev–Trinajstić information content (AvgIpc) is 2.47. The molecular formula is C10H17F2NO3. The number of aliphatic hydroxyl groups excluding tert-OH is 1. The third-order valence-electron chi connectivity index (χ3n) is 2.55. The summed E-state index contributed by atoms with van der Waals surface area (Å²) in [6.07, 6.45) is 0.118. The molecule has 6 heteroatoms. The smallest absolute Gasteiger partial charge is 0.377 e. The summed E-state index contributed by atoms with van der Waals surface area (Å²) in [5.74, 6) is -4.76. The molecule has 1 aliphatic rings. The number of nitrogens with one attached hydrogen (secondary N) is 1. The van der Waals surface area contributed by atoms with E-state index < -0.39 is 24.4 Å². The predicted molar refractivity (Wildman–Crippen MR) is 53.2 cm³/mol. The van der Waals surface area contributed by atoms with Gasteiger partial charge in [-0.1, -0.05) is 0 Å². The van der Waals surface area contributed by atoms with Crippen molar-refractivity contribution in [1.82, 2.24) is 5.32 Å². The van der Waals surface area contributed by atoms with E-state index in [9.17, 15) is 13.6 Å². The summed E-state index contributed by atoms with van der Waals surface area (Å²) in [5, 5.41) is 11.6. The molecule has 0 aromatic carbocycles. The number of hydrogen-bond donors (Lipinski definition) is 2. The van der Waals surface area contributed by atoms with Crippen LogP contribution in [0.2, 0.25) is 0 Å². The Morgan fingerprint density at radius 1 is 1.69 bits per heavy atom. The van der Waals surface area contributed by atoms with Crippen LogP contribution in [0.1, 0.15) is 26.2 Å². The van der Waals surface area contributed by atoms with Crippen molar-refractivity contribution in [3.8, 4) is 0 Å². The second-order valence-corrected chi connectivity index (χ2v) is 4.11. The van der Waals surface area contributed by atoms with Crippen molar-refractivity contribution in [2.75, 3.05) is 13.2 Å². The molecular weight excluding hydrogens is 220 g/mol. The zero-order valence-electron chi connectivity index (χ0n) is 9.21. The number of alkyl halides is 2. The number of rotatable bonds is 6. The first-order chi connectivity index (χ1) is 7.45. The molecule has 0 spiro atoms. The number of carbonyl (C=O) groups is 1. The van der Waals surface area contributed by atoms with Crippen molar-refractivity contribution in [2.24, 2.45) is 0 Å². The molecule has 1 fully saturated rings. The highest BCUT2D eigenvalue weighted by Gasteiger charge is 2.50. The lowest BCUT2D eigenvalue weighted by Gasteiger charge is -2.15. The summed E-state index contributed by atoms with van der Waals surface area (Å²) in [6, 6.07) is 0.111. The minimum Gasteiger partial charge on any atom is -0.456 e. The summed E-state index contributed by atoms with van der Waals surface area (Å²) in [4.78, 5) is 10.7. The highest BCUT2D eigenvalue weighted by Crippen LogP contribution is 2.30. The Kier molecular flexibility index (Phi) is 4.61. The van der Waals surface area contributed by atoms with Crippen LogP contribution in [0.3, 0.4) is 0 Å². The van der Waals surface area contributed by atoms with Gasteiger partial charge in [-0.25, -0.2) is 4.79 Å². The molecule has 0 bridgehead atoms. The van der Waals surface area contributed by atoms with Gasteiger partial charge in [-0.3, -0.25) is 0 Å². The molecule has 0 radical (unpaired) electrons. The molecule has 0 amide bonds. The fourth-order valence-corrected chi connectivity index (χ4v) is 1.59. The highest BCUT2D eigenvalue weighted by atomic mass is 19.3. The van der Waals surface area contributed by atoms with Gasteiger partial charge in [0.1, 0.15) is 6.10 Å². The van der Waals surface area contributed by atoms with E-state index in [1.165, 1.54) is 0 Å². The summed E-state index contributed by atoms with van der Waals surface area (Å²) >= 11 is 0. The van der Waals surface area contributed by atoms with Crippen molar-refractivity contribution in [2.45, 2.75) is 44.3 Å². The number of cyclic esters (lactones) is 1. The van der Waals surface area contributed by atoms with E-state index in [2.05, 4.69) is 10.1 Å². The van der Waals surface area contributed by atoms with Gasteiger partial charge >= 0.3 is 11.9 Å². The van der Waals surface area contributed by atoms with Gasteiger partial charge in [0.15, 0.2) is 0 Å². The average molecular weight is 237 g/mol. The van der Waals surface area contributed by atoms with Crippen molar-refractivity contribution in [3.63, 3.8) is 0 Å². The Labute approximate surface area is 93.0 Å². The molecule has 0 aromatic rings. The topological polar surface area (TPSA) is 58.6 Å². The molecule has 2 unspecified atom stereocenters. The maximum atomic E-state index is 12.8. The molecule has 4 nitrogen and oxygen atoms in total. The first-order valence-electron chi connectivity index (χ1n) is 5.39. The lowest BCUT2D eigenvalue weighted by molar-refractivity contribution is -0.159. The number of esters is 1. The summed E-state index contributed by atoms with van der Waals surface area (Å²) < 4.78 is 30.1. The Balaban J connectivity index is 2.22. The standard InChI is InChI=1S/C10H17F2NO3/c1-7(3-2-4-14)13-6-8-5-10(11,12)9(15)16-8/h7-8,13-14H,2-6H2,1H3. The van der Waals surface area contributed by atoms with Gasteiger partial charge in [0, 0.05) is 19.2 Å². The number of ether oxygens (including phenoxy) is 1. The lowest BCUT2D eigenvalue weighted by atomic mass is 10.1. The molecule has 1 heterocycles. The first kappa shape index (κ1) is 13.3. The number of aliphatic hydroxyl groups is 1. The number of carbonyl (C=O) groups excluding carboxylic acids is 1. The second-order valence-electron chi connectivity index (χ2n) is 4.11. The van der Waals surface area contributed by atoms with Crippen LogP contribution in [-0.2, 0) is 9.53 Å². The predicted octanol–water partition coefficient (Wildman–Crippen LogP) is 0.688. The molecule has 94 valence electrons. The van der Waals surface area contributed by atoms with Crippen LogP contribution in [-0.4, -0.2) is 42.3 Å². The van der Waals surface area contributed by atoms with Gasteiger partial charge in [0.25, 0.3) is 0 Å². The van der Waals surface area contributed by atoms with Crippen LogP contribution in [0.15, 0.2) is 0 Å². The SMILES string of the molecule is CC(CCCO)NCC1CC(F)(F)C(=O)O1. The molecule has 2 N–H and O–H groups in total. The largest absolute Gasteiger partial charge is 0.456 e. The van der Waals surface area contributed by atoms with E-state index in [-0.39, 0.29) is 19.2 Å². The molecule has 2 atom stereocenters. The molecule has 1 aliphatic heterocycles. The van der Waals surface area contributed by atoms with Crippen LogP contribution >= 0.6 is 0 Å². The van der Waals surface area contributed by atoms with Gasteiger partial charge in [0.05, 0.1) is 6.42 Å². The minimum absolute atomic E-state index is 0.111. The Morgan fingerprint density at radius 3 is 2.88 bits per heavy atom. The van der Waals surface area contributed by atoms with Crippen LogP contribution in [0, 0.1) is 0 Å². The van der Waals surface area contributed by atoms with E-state index in [1.54, 1.807) is 0 Å². The summed E-state index contributed by atoms with van der Waals surface area (Å²) in [7, 11) is 0. The third kappa shape index (κ3) is 3.68. The van der Waals surface area contributed by atoms with Gasteiger partial charge in [-0.2, -0.15) is 8.78 Å². The van der Waals surface area contributed by atoms with Crippen LogP contribution in [0.4, 0.5) is 8.78 Å². The van der Waals surface area contributed by atoms with Gasteiger partial charge < -0.3 is 15.2 Å². The molecule has 16 heavy (non-hydrogen) atoms. The van der Waals surface area contributed by atoms with Crippen molar-refractivity contribution in [1.29, 1.82) is 0 Å². The molecule has 0 aliphatic carbocycles. The number of hydrogen-bond acceptors (Lipinski definition) is 4. The van der Waals surface area contributed by atoms with Gasteiger partial charge in [-0.05, 0) is 19.8 Å². The van der Waals surface area contributed by atoms with E-state index in [4.69, 9.17) is 5.11 Å². The van der Waals surface area contributed by atoms with Gasteiger partial charge in [0.2, 0.25) is 0 Å². The summed E-state index contributed by atoms with van der Waals surface area (Å²) in [5.41, 5.74) is 0. The third-order valence-corrected chi connectivity index (χ3v) is 2.55. The Morgan fingerprint density at radius 2 is 2.38 bits per heavy atom. The summed E-state index contributed by atoms with van der Waals surface area (Å²) in [6.45, 7) is 2.24. The fraction of sp³-hybridized carbons (Fsp3) is 0.900. The number of halogens is 2. The van der Waals surface area contributed by atoms with Crippen molar-refractivity contribution in [3.05, 3.63) is 0 Å². The highest BCUT2D eigenvalue weighted by molar-refractivity contribution is 5.79. The Hall–Kier alpha value is -0.750. The monoisotopic (exact) mass is 237 g/mol. The van der Waals surface area contributed by atoms with E-state index in [0.717, 1.165) is 6.42 Å². The maximum Gasteiger partial charge on any atom is 0.377 e. The first-order valence-corrected chi connectivity index (χ1v) is 5.39. The lowest BCUT2D eigenvalue weighted by Crippen LogP contribution is -2.34. The second kappa shape index (κ2) is 5.54. The van der Waals surface area contributed by atoms with Crippen LogP contribution in [0.25, 0.3) is 0 Å². The maximum absolute atomic E-state index is 12.8. The molecule has 1 rings (SSSR count). The van der Waals surface area contributed by atoms with Crippen LogP contribution < -0.4 is 5.32 Å². The van der Waals surface area contributed by atoms with Crippen molar-refractivity contribution < 1.29 is 23.4 Å². The van der Waals surface area contributed by atoms with E-state index in [1.807, 2.05) is 6.92 Å². The molecule has 0 aromatic heterocycles. The quantitative estimate of drug-likeness (QED) is 0.667.